The van der Waals surface area contributed by atoms with Gasteiger partial charge in [0.05, 0.1) is 18.8 Å². The van der Waals surface area contributed by atoms with Crippen LogP contribution in [0.1, 0.15) is 10.4 Å². The predicted molar refractivity (Wildman–Crippen MR) is 102 cm³/mol. The van der Waals surface area contributed by atoms with E-state index in [2.05, 4.69) is 5.32 Å². The normalized spacial score (nSPS) is 13.6. The van der Waals surface area contributed by atoms with E-state index in [-0.39, 0.29) is 24.8 Å². The quantitative estimate of drug-likeness (QED) is 0.751. The minimum Gasteiger partial charge on any atom is -0.493 e. The van der Waals surface area contributed by atoms with Crippen molar-refractivity contribution >= 4 is 11.6 Å². The average Bonchev–Trinajstić information content (AvgIpc) is 2.71. The SMILES string of the molecule is COc1ccc(C(=O)NCC(O)CN(C)c2ccc(F)cc2)c2c1OCCO2. The van der Waals surface area contributed by atoms with E-state index < -0.39 is 6.10 Å². The first-order valence-corrected chi connectivity index (χ1v) is 8.89. The number of nitrogens with one attached hydrogen (secondary N) is 1. The summed E-state index contributed by atoms with van der Waals surface area (Å²) >= 11 is 0. The van der Waals surface area contributed by atoms with E-state index in [0.29, 0.717) is 36.0 Å². The lowest BCUT2D eigenvalue weighted by atomic mass is 10.1. The number of hydrogen-bond acceptors (Lipinski definition) is 6. The van der Waals surface area contributed by atoms with E-state index in [9.17, 15) is 14.3 Å². The van der Waals surface area contributed by atoms with Crippen molar-refractivity contribution in [1.82, 2.24) is 5.32 Å². The zero-order valence-electron chi connectivity index (χ0n) is 15.8. The van der Waals surface area contributed by atoms with E-state index in [1.54, 1.807) is 36.2 Å². The Morgan fingerprint density at radius 1 is 1.21 bits per heavy atom. The highest BCUT2D eigenvalue weighted by Crippen LogP contribution is 2.41. The molecule has 2 N–H and O–H groups in total. The van der Waals surface area contributed by atoms with Crippen LogP contribution in [0.2, 0.25) is 0 Å². The lowest BCUT2D eigenvalue weighted by molar-refractivity contribution is 0.0908. The second-order valence-corrected chi connectivity index (χ2v) is 6.39. The van der Waals surface area contributed by atoms with Crippen LogP contribution in [-0.2, 0) is 0 Å². The van der Waals surface area contributed by atoms with Gasteiger partial charge in [0.1, 0.15) is 19.0 Å². The molecule has 0 aromatic heterocycles. The number of aliphatic hydroxyl groups excluding tert-OH is 1. The molecule has 0 aliphatic carbocycles. The molecule has 0 saturated heterocycles. The molecule has 1 aliphatic rings. The maximum Gasteiger partial charge on any atom is 0.255 e. The Morgan fingerprint density at radius 2 is 1.89 bits per heavy atom. The minimum atomic E-state index is -0.815. The first-order valence-electron chi connectivity index (χ1n) is 8.89. The number of amides is 1. The van der Waals surface area contributed by atoms with Crippen LogP contribution in [0.25, 0.3) is 0 Å². The van der Waals surface area contributed by atoms with Crippen molar-refractivity contribution in [3.8, 4) is 17.2 Å². The molecule has 0 fully saturated rings. The summed E-state index contributed by atoms with van der Waals surface area (Å²) in [5.41, 5.74) is 1.08. The molecule has 7 nitrogen and oxygen atoms in total. The number of carbonyl (C=O) groups excluding carboxylic acids is 1. The first kappa shape index (κ1) is 19.8. The van der Waals surface area contributed by atoms with Gasteiger partial charge in [-0.1, -0.05) is 0 Å². The molecule has 0 saturated carbocycles. The highest BCUT2D eigenvalue weighted by molar-refractivity contribution is 5.98. The van der Waals surface area contributed by atoms with E-state index in [1.165, 1.54) is 19.2 Å². The van der Waals surface area contributed by atoms with Crippen LogP contribution in [0.15, 0.2) is 36.4 Å². The predicted octanol–water partition coefficient (Wildman–Crippen LogP) is 1.83. The van der Waals surface area contributed by atoms with Crippen LogP contribution in [0.3, 0.4) is 0 Å². The van der Waals surface area contributed by atoms with Crippen molar-refractivity contribution in [2.24, 2.45) is 0 Å². The molecule has 2 aromatic carbocycles. The number of carbonyl (C=O) groups is 1. The Bertz CT molecular complexity index is 828. The topological polar surface area (TPSA) is 80.3 Å². The van der Waals surface area contributed by atoms with Gasteiger partial charge in [0.25, 0.3) is 5.91 Å². The molecular formula is C20H23FN2O5. The molecular weight excluding hydrogens is 367 g/mol. The van der Waals surface area contributed by atoms with Crippen LogP contribution >= 0.6 is 0 Å². The lowest BCUT2D eigenvalue weighted by Crippen LogP contribution is -2.39. The highest BCUT2D eigenvalue weighted by Gasteiger charge is 2.24. The average molecular weight is 390 g/mol. The molecule has 8 heteroatoms. The number of rotatable bonds is 7. The van der Waals surface area contributed by atoms with Crippen LogP contribution in [0.4, 0.5) is 10.1 Å². The number of hydrogen-bond donors (Lipinski definition) is 2. The van der Waals surface area contributed by atoms with Gasteiger partial charge >= 0.3 is 0 Å². The van der Waals surface area contributed by atoms with Gasteiger partial charge in [-0.2, -0.15) is 0 Å². The number of anilines is 1. The summed E-state index contributed by atoms with van der Waals surface area (Å²) in [5, 5.41) is 12.9. The Morgan fingerprint density at radius 3 is 2.57 bits per heavy atom. The number of ether oxygens (including phenoxy) is 3. The molecule has 1 aliphatic heterocycles. The summed E-state index contributed by atoms with van der Waals surface area (Å²) in [6, 6.07) is 9.20. The van der Waals surface area contributed by atoms with Crippen molar-refractivity contribution in [2.75, 3.05) is 45.4 Å². The number of methoxy groups -OCH3 is 1. The Hall–Kier alpha value is -3.00. The summed E-state index contributed by atoms with van der Waals surface area (Å²) in [6.07, 6.45) is -0.815. The first-order chi connectivity index (χ1) is 13.5. The fraction of sp³-hybridized carbons (Fsp3) is 0.350. The summed E-state index contributed by atoms with van der Waals surface area (Å²) < 4.78 is 29.4. The lowest BCUT2D eigenvalue weighted by Gasteiger charge is -2.24. The number of benzene rings is 2. The van der Waals surface area contributed by atoms with Gasteiger partial charge in [-0.05, 0) is 36.4 Å². The third-order valence-electron chi connectivity index (χ3n) is 4.37. The van der Waals surface area contributed by atoms with Gasteiger partial charge in [0, 0.05) is 25.8 Å². The summed E-state index contributed by atoms with van der Waals surface area (Å²) in [6.45, 7) is 1.03. The number of likely N-dealkylation sites (N-methyl/N-ethyl adjacent to an activating group) is 1. The summed E-state index contributed by atoms with van der Waals surface area (Å²) in [7, 11) is 3.30. The molecule has 1 heterocycles. The third-order valence-corrected chi connectivity index (χ3v) is 4.37. The van der Waals surface area contributed by atoms with Gasteiger partial charge in [0.15, 0.2) is 11.5 Å². The number of aliphatic hydroxyl groups is 1. The number of fused-ring (bicyclic) bond motifs is 1. The highest BCUT2D eigenvalue weighted by atomic mass is 19.1. The Balaban J connectivity index is 1.60. The second-order valence-electron chi connectivity index (χ2n) is 6.39. The van der Waals surface area contributed by atoms with Crippen molar-refractivity contribution in [3.63, 3.8) is 0 Å². The molecule has 1 atom stereocenters. The molecule has 28 heavy (non-hydrogen) atoms. The Kier molecular flexibility index (Phi) is 6.20. The van der Waals surface area contributed by atoms with E-state index in [4.69, 9.17) is 14.2 Å². The third kappa shape index (κ3) is 4.45. The molecule has 1 unspecified atom stereocenters. The Labute approximate surface area is 162 Å². The van der Waals surface area contributed by atoms with Gasteiger partial charge in [0.2, 0.25) is 5.75 Å². The zero-order chi connectivity index (χ0) is 20.1. The fourth-order valence-corrected chi connectivity index (χ4v) is 2.94. The standard InChI is InChI=1S/C20H23FN2O5/c1-23(14-5-3-13(21)4-6-14)12-15(24)11-22-20(25)16-7-8-17(26-2)19-18(16)27-9-10-28-19/h3-8,15,24H,9-12H2,1-2H3,(H,22,25). The van der Waals surface area contributed by atoms with E-state index in [1.807, 2.05) is 0 Å². The van der Waals surface area contributed by atoms with Crippen molar-refractivity contribution in [1.29, 1.82) is 0 Å². The van der Waals surface area contributed by atoms with Crippen molar-refractivity contribution in [2.45, 2.75) is 6.10 Å². The maximum absolute atomic E-state index is 13.0. The van der Waals surface area contributed by atoms with Crippen LogP contribution < -0.4 is 24.4 Å². The summed E-state index contributed by atoms with van der Waals surface area (Å²) in [5.74, 6) is 0.526. The maximum atomic E-state index is 13.0. The molecule has 0 bridgehead atoms. The molecule has 0 spiro atoms. The molecule has 1 amide bonds. The zero-order valence-corrected chi connectivity index (χ0v) is 15.8. The van der Waals surface area contributed by atoms with Gasteiger partial charge in [-0.25, -0.2) is 4.39 Å². The molecule has 3 rings (SSSR count). The fourth-order valence-electron chi connectivity index (χ4n) is 2.94. The van der Waals surface area contributed by atoms with Crippen LogP contribution in [0, 0.1) is 5.82 Å². The van der Waals surface area contributed by atoms with E-state index in [0.717, 1.165) is 5.69 Å². The van der Waals surface area contributed by atoms with Gasteiger partial charge < -0.3 is 29.5 Å². The van der Waals surface area contributed by atoms with E-state index >= 15 is 0 Å². The number of halogens is 1. The smallest absolute Gasteiger partial charge is 0.255 e. The molecule has 0 radical (unpaired) electrons. The van der Waals surface area contributed by atoms with Gasteiger partial charge in [-0.3, -0.25) is 4.79 Å². The van der Waals surface area contributed by atoms with Crippen LogP contribution in [-0.4, -0.2) is 57.6 Å². The molecule has 150 valence electrons. The van der Waals surface area contributed by atoms with Gasteiger partial charge in [-0.15, -0.1) is 0 Å². The van der Waals surface area contributed by atoms with Crippen molar-refractivity contribution in [3.05, 3.63) is 47.8 Å². The summed E-state index contributed by atoms with van der Waals surface area (Å²) in [4.78, 5) is 14.3. The van der Waals surface area contributed by atoms with Crippen molar-refractivity contribution < 1.29 is 28.5 Å². The minimum absolute atomic E-state index is 0.0476. The monoisotopic (exact) mass is 390 g/mol. The van der Waals surface area contributed by atoms with Crippen LogP contribution in [0.5, 0.6) is 17.2 Å². The largest absolute Gasteiger partial charge is 0.493 e. The molecule has 2 aromatic rings. The second kappa shape index (κ2) is 8.79. The number of nitrogens with zero attached hydrogens (tertiary/aromatic N) is 1.